The Bertz CT molecular complexity index is 1660. The summed E-state index contributed by atoms with van der Waals surface area (Å²) in [5.74, 6) is 0.219. The molecule has 40 heavy (non-hydrogen) atoms. The van der Waals surface area contributed by atoms with Crippen LogP contribution in [0.5, 0.6) is 0 Å². The molecule has 1 aliphatic carbocycles. The van der Waals surface area contributed by atoms with Crippen LogP contribution in [0, 0.1) is 11.8 Å². The number of ether oxygens (including phenoxy) is 1. The molecule has 7 nitrogen and oxygen atoms in total. The van der Waals surface area contributed by atoms with Crippen LogP contribution in [-0.4, -0.2) is 35.3 Å². The van der Waals surface area contributed by atoms with Crippen LogP contribution in [0.3, 0.4) is 0 Å². The van der Waals surface area contributed by atoms with Gasteiger partial charge in [-0.15, -0.1) is 0 Å². The Kier molecular flexibility index (Phi) is 6.13. The van der Waals surface area contributed by atoms with Gasteiger partial charge in [0.1, 0.15) is 5.76 Å². The van der Waals surface area contributed by atoms with Gasteiger partial charge in [0.05, 0.1) is 41.3 Å². The number of hydrogen-bond acceptors (Lipinski definition) is 7. The number of methoxy groups -OCH3 is 1. The fraction of sp³-hybridized carbons (Fsp3) is 0.333. The monoisotopic (exact) mass is 534 g/mol. The first kappa shape index (κ1) is 26.0. The second-order valence-electron chi connectivity index (χ2n) is 11.1. The van der Waals surface area contributed by atoms with Gasteiger partial charge in [0.15, 0.2) is 0 Å². The molecule has 2 N–H and O–H groups in total. The molecule has 2 unspecified atom stereocenters. The number of aliphatic imine (C=N–C) groups is 3. The van der Waals surface area contributed by atoms with E-state index in [-0.39, 0.29) is 17.8 Å². The van der Waals surface area contributed by atoms with Crippen molar-refractivity contribution in [1.82, 2.24) is 5.32 Å². The van der Waals surface area contributed by atoms with E-state index in [1.165, 1.54) is 7.11 Å². The normalized spacial score (nSPS) is 25.2. The summed E-state index contributed by atoms with van der Waals surface area (Å²) in [5.41, 5.74) is 14.0. The first-order chi connectivity index (χ1) is 19.1. The summed E-state index contributed by atoms with van der Waals surface area (Å²) in [4.78, 5) is 27.2. The largest absolute Gasteiger partial charge is 0.511 e. The van der Waals surface area contributed by atoms with Crippen LogP contribution in [-0.2, 0) is 9.53 Å². The van der Waals surface area contributed by atoms with Gasteiger partial charge in [-0.1, -0.05) is 19.6 Å². The number of aliphatic hydroxyl groups is 1. The fourth-order valence-electron chi connectivity index (χ4n) is 6.39. The molecule has 6 rings (SSSR count). The zero-order valence-corrected chi connectivity index (χ0v) is 23.9. The molecule has 0 radical (unpaired) electrons. The number of nitrogens with one attached hydrogen (secondary N) is 1. The molecule has 8 bridgehead atoms. The zero-order chi connectivity index (χ0) is 28.5. The minimum Gasteiger partial charge on any atom is -0.511 e. The van der Waals surface area contributed by atoms with Crippen LogP contribution in [0.4, 0.5) is 0 Å². The lowest BCUT2D eigenvalue weighted by Crippen LogP contribution is -2.16. The van der Waals surface area contributed by atoms with Crippen molar-refractivity contribution in [2.24, 2.45) is 26.8 Å². The van der Waals surface area contributed by atoms with Gasteiger partial charge in [-0.2, -0.15) is 0 Å². The Balaban J connectivity index is 1.59. The third-order valence-corrected chi connectivity index (χ3v) is 9.02. The van der Waals surface area contributed by atoms with Gasteiger partial charge in [0.25, 0.3) is 0 Å². The summed E-state index contributed by atoms with van der Waals surface area (Å²) in [7, 11) is 1.42. The molecule has 0 spiro atoms. The van der Waals surface area contributed by atoms with Gasteiger partial charge in [-0.25, -0.2) is 15.0 Å². The molecule has 2 atom stereocenters. The SMILES string of the molecule is C=CC1=C(C)C2=NC1=CC1=NC(=CC3=C(C)C4=C(O)CC(=C5NC(=C2)C(C)C5CCC(=O)OC)C4=N3)C(C)=C1C. The highest BCUT2D eigenvalue weighted by Crippen LogP contribution is 2.46. The zero-order valence-electron chi connectivity index (χ0n) is 23.9. The highest BCUT2D eigenvalue weighted by atomic mass is 16.5. The Labute approximate surface area is 234 Å². The van der Waals surface area contributed by atoms with Gasteiger partial charge in [-0.05, 0) is 74.6 Å². The van der Waals surface area contributed by atoms with Crippen LogP contribution >= 0.6 is 0 Å². The Morgan fingerprint density at radius 2 is 1.77 bits per heavy atom. The Morgan fingerprint density at radius 1 is 1.05 bits per heavy atom. The van der Waals surface area contributed by atoms with Crippen molar-refractivity contribution in [1.29, 1.82) is 0 Å². The molecule has 7 heteroatoms. The first-order valence-corrected chi connectivity index (χ1v) is 13.8. The highest BCUT2D eigenvalue weighted by Gasteiger charge is 2.41. The van der Waals surface area contributed by atoms with E-state index in [0.29, 0.717) is 25.0 Å². The van der Waals surface area contributed by atoms with Crippen LogP contribution in [0.1, 0.15) is 53.9 Å². The molecular weight excluding hydrogens is 500 g/mol. The van der Waals surface area contributed by atoms with Gasteiger partial charge in [0, 0.05) is 52.8 Å². The van der Waals surface area contributed by atoms with E-state index in [9.17, 15) is 9.90 Å². The molecule has 1 saturated heterocycles. The van der Waals surface area contributed by atoms with Crippen LogP contribution in [0.2, 0.25) is 0 Å². The minimum absolute atomic E-state index is 0.0307. The molecular formula is C33H34N4O3. The number of nitrogens with zero attached hydrogens (tertiary/aromatic N) is 3. The fourth-order valence-corrected chi connectivity index (χ4v) is 6.39. The molecule has 0 aromatic carbocycles. The summed E-state index contributed by atoms with van der Waals surface area (Å²) < 4.78 is 4.96. The quantitative estimate of drug-likeness (QED) is 0.408. The average molecular weight is 535 g/mol. The minimum atomic E-state index is -0.232. The molecule has 6 aliphatic rings. The second kappa shape index (κ2) is 9.44. The maximum absolute atomic E-state index is 12.1. The summed E-state index contributed by atoms with van der Waals surface area (Å²) in [6, 6.07) is 0. The van der Waals surface area contributed by atoms with Crippen LogP contribution < -0.4 is 5.32 Å². The van der Waals surface area contributed by atoms with E-state index >= 15 is 0 Å². The van der Waals surface area contributed by atoms with Crippen molar-refractivity contribution < 1.29 is 14.6 Å². The van der Waals surface area contributed by atoms with Crippen molar-refractivity contribution in [3.8, 4) is 0 Å². The number of hydrogen-bond donors (Lipinski definition) is 2. The highest BCUT2D eigenvalue weighted by molar-refractivity contribution is 6.21. The Morgan fingerprint density at radius 3 is 2.50 bits per heavy atom. The van der Waals surface area contributed by atoms with Gasteiger partial charge in [-0.3, -0.25) is 4.79 Å². The summed E-state index contributed by atoms with van der Waals surface area (Å²) >= 11 is 0. The van der Waals surface area contributed by atoms with E-state index in [0.717, 1.165) is 84.6 Å². The van der Waals surface area contributed by atoms with Crippen LogP contribution in [0.15, 0.2) is 119 Å². The standard InChI is InChI=1S/C33H34N4O3/c1-8-20-17(4)25-13-26-18(5)21(9-10-30(39)40-7)32(36-26)22-11-29(38)31-19(6)27(37-33(22)31)12-23-15(2)16(3)24(34-23)14-28(20)35-25/h8,12-14,18,21,36,38H,1,9-11H2,2-7H3. The maximum Gasteiger partial charge on any atom is 0.305 e. The number of fused-ring (bicyclic) bond motifs is 5. The van der Waals surface area contributed by atoms with E-state index in [4.69, 9.17) is 19.7 Å². The molecule has 5 heterocycles. The van der Waals surface area contributed by atoms with Crippen molar-refractivity contribution in [2.75, 3.05) is 7.11 Å². The number of esters is 1. The van der Waals surface area contributed by atoms with E-state index < -0.39 is 0 Å². The van der Waals surface area contributed by atoms with Gasteiger partial charge >= 0.3 is 5.97 Å². The summed E-state index contributed by atoms with van der Waals surface area (Å²) in [6.07, 6.45) is 9.36. The third-order valence-electron chi connectivity index (χ3n) is 9.02. The van der Waals surface area contributed by atoms with Crippen molar-refractivity contribution in [2.45, 2.75) is 53.9 Å². The molecule has 5 aliphatic heterocycles. The second-order valence-corrected chi connectivity index (χ2v) is 11.1. The van der Waals surface area contributed by atoms with E-state index in [2.05, 4.69) is 45.7 Å². The number of carbonyl (C=O) groups is 1. The van der Waals surface area contributed by atoms with Crippen LogP contribution in [0.25, 0.3) is 0 Å². The molecule has 0 aromatic rings. The number of carbonyl (C=O) groups excluding carboxylic acids is 1. The topological polar surface area (TPSA) is 95.6 Å². The first-order valence-electron chi connectivity index (χ1n) is 13.8. The predicted molar refractivity (Wildman–Crippen MR) is 159 cm³/mol. The Hall–Kier alpha value is -4.26. The maximum atomic E-state index is 12.1. The van der Waals surface area contributed by atoms with Gasteiger partial charge < -0.3 is 15.2 Å². The molecule has 0 aromatic heterocycles. The van der Waals surface area contributed by atoms with Crippen molar-refractivity contribution in [3.63, 3.8) is 0 Å². The van der Waals surface area contributed by atoms with Crippen molar-refractivity contribution in [3.05, 3.63) is 104 Å². The number of allylic oxidation sites excluding steroid dienone is 12. The number of rotatable bonds is 4. The van der Waals surface area contributed by atoms with Gasteiger partial charge in [0.2, 0.25) is 0 Å². The van der Waals surface area contributed by atoms with E-state index in [1.54, 1.807) is 0 Å². The molecule has 1 fully saturated rings. The van der Waals surface area contributed by atoms with E-state index in [1.807, 2.05) is 25.2 Å². The summed E-state index contributed by atoms with van der Waals surface area (Å²) in [6.45, 7) is 14.5. The lowest BCUT2D eigenvalue weighted by Gasteiger charge is -2.17. The summed E-state index contributed by atoms with van der Waals surface area (Å²) in [5, 5.41) is 14.8. The lowest BCUT2D eigenvalue weighted by atomic mass is 9.86. The molecule has 0 saturated carbocycles. The third kappa shape index (κ3) is 3.86. The van der Waals surface area contributed by atoms with Crippen molar-refractivity contribution >= 4 is 23.1 Å². The lowest BCUT2D eigenvalue weighted by molar-refractivity contribution is -0.140. The molecule has 0 amide bonds. The molecule has 204 valence electrons. The smallest absolute Gasteiger partial charge is 0.305 e. The number of aliphatic hydroxyl groups excluding tert-OH is 1. The average Bonchev–Trinajstić information content (AvgIpc) is 3.67. The predicted octanol–water partition coefficient (Wildman–Crippen LogP) is 6.41.